The second-order valence-electron chi connectivity index (χ2n) is 11.0. The SMILES string of the molecule is C=CC[C@H](CN(C)C(=O)c1cc(C#N)cc2c1CCCC2)c1ccc(F)cc1.NC(=O)C1CCCc2ccccc21. The highest BCUT2D eigenvalue weighted by molar-refractivity contribution is 5.96. The number of benzene rings is 3. The van der Waals surface area contributed by atoms with Gasteiger partial charge in [-0.15, -0.1) is 6.58 Å². The molecule has 0 spiro atoms. The molecule has 2 aliphatic carbocycles. The molecule has 0 saturated heterocycles. The van der Waals surface area contributed by atoms with Gasteiger partial charge in [0.15, 0.2) is 0 Å². The average Bonchev–Trinajstić information content (AvgIpc) is 3.00. The highest BCUT2D eigenvalue weighted by Gasteiger charge is 2.25. The van der Waals surface area contributed by atoms with Gasteiger partial charge in [-0.3, -0.25) is 9.59 Å². The zero-order valence-corrected chi connectivity index (χ0v) is 23.7. The monoisotopic (exact) mass is 551 g/mol. The number of carbonyl (C=O) groups is 2. The first-order valence-electron chi connectivity index (χ1n) is 14.4. The molecule has 2 aliphatic rings. The maximum Gasteiger partial charge on any atom is 0.253 e. The number of hydrogen-bond acceptors (Lipinski definition) is 3. The van der Waals surface area contributed by atoms with Gasteiger partial charge < -0.3 is 10.6 Å². The van der Waals surface area contributed by atoms with Crippen LogP contribution in [0.2, 0.25) is 0 Å². The molecule has 5 rings (SSSR count). The summed E-state index contributed by atoms with van der Waals surface area (Å²) in [6.45, 7) is 4.32. The highest BCUT2D eigenvalue weighted by atomic mass is 19.1. The van der Waals surface area contributed by atoms with Gasteiger partial charge in [0.2, 0.25) is 5.91 Å². The van der Waals surface area contributed by atoms with Gasteiger partial charge in [-0.1, -0.05) is 42.5 Å². The van der Waals surface area contributed by atoms with Crippen LogP contribution in [0.15, 0.2) is 73.3 Å². The van der Waals surface area contributed by atoms with E-state index < -0.39 is 0 Å². The average molecular weight is 552 g/mol. The zero-order chi connectivity index (χ0) is 29.4. The number of fused-ring (bicyclic) bond motifs is 2. The summed E-state index contributed by atoms with van der Waals surface area (Å²) < 4.78 is 13.3. The summed E-state index contributed by atoms with van der Waals surface area (Å²) in [5.41, 5.74) is 12.2. The van der Waals surface area contributed by atoms with Crippen molar-refractivity contribution in [3.05, 3.63) is 118 Å². The molecule has 6 heteroatoms. The standard InChI is InChI=1S/C24H25FN2O.C11H13NO/c1-3-6-20(18-9-11-21(25)12-10-18)16-27(2)24(28)23-14-17(15-26)13-19-7-4-5-8-22(19)23;12-11(13)10-7-3-5-8-4-1-2-6-9(8)10/h3,9-14,20H,1,4-8,16H2,2H3;1-2,4,6,10H,3,5,7H2,(H2,12,13)/t20-;/m1./s1. The Balaban J connectivity index is 0.000000247. The van der Waals surface area contributed by atoms with Gasteiger partial charge >= 0.3 is 0 Å². The van der Waals surface area contributed by atoms with Gasteiger partial charge in [-0.2, -0.15) is 5.26 Å². The molecule has 0 aliphatic heterocycles. The van der Waals surface area contributed by atoms with E-state index in [1.165, 1.54) is 17.7 Å². The molecular weight excluding hydrogens is 513 g/mol. The van der Waals surface area contributed by atoms with Crippen molar-refractivity contribution in [1.82, 2.24) is 4.90 Å². The van der Waals surface area contributed by atoms with Crippen LogP contribution in [0.1, 0.15) is 87.7 Å². The second kappa shape index (κ2) is 13.9. The molecular formula is C35H38FN3O2. The van der Waals surface area contributed by atoms with Gasteiger partial charge in [0.05, 0.1) is 17.6 Å². The largest absolute Gasteiger partial charge is 0.369 e. The number of nitriles is 1. The molecule has 1 unspecified atom stereocenters. The number of nitrogens with two attached hydrogens (primary N) is 1. The van der Waals surface area contributed by atoms with Gasteiger partial charge in [0, 0.05) is 25.1 Å². The molecule has 0 bridgehead atoms. The van der Waals surface area contributed by atoms with Crippen LogP contribution in [0.25, 0.3) is 0 Å². The quantitative estimate of drug-likeness (QED) is 0.336. The molecule has 0 aromatic heterocycles. The van der Waals surface area contributed by atoms with Crippen molar-refractivity contribution in [1.29, 1.82) is 5.26 Å². The molecule has 2 atom stereocenters. The van der Waals surface area contributed by atoms with E-state index in [4.69, 9.17) is 5.73 Å². The molecule has 212 valence electrons. The molecule has 5 nitrogen and oxygen atoms in total. The highest BCUT2D eigenvalue weighted by Crippen LogP contribution is 2.31. The fourth-order valence-corrected chi connectivity index (χ4v) is 6.04. The number of allylic oxidation sites excluding steroid dienone is 1. The third kappa shape index (κ3) is 7.29. The number of likely N-dealkylation sites (N-methyl/N-ethyl adjacent to an activating group) is 1. The Bertz CT molecular complexity index is 1440. The van der Waals surface area contributed by atoms with E-state index in [0.717, 1.165) is 67.2 Å². The Kier molecular flexibility index (Phi) is 10.1. The molecule has 3 aromatic rings. The first kappa shape index (κ1) is 29.7. The minimum atomic E-state index is -0.273. The van der Waals surface area contributed by atoms with Crippen LogP contribution in [-0.2, 0) is 24.1 Å². The maximum absolute atomic E-state index is 13.3. The Labute approximate surface area is 242 Å². The van der Waals surface area contributed by atoms with E-state index in [-0.39, 0.29) is 29.5 Å². The minimum Gasteiger partial charge on any atom is -0.369 e. The van der Waals surface area contributed by atoms with Crippen LogP contribution >= 0.6 is 0 Å². The van der Waals surface area contributed by atoms with E-state index in [2.05, 4.69) is 18.7 Å². The molecule has 2 amide bonds. The van der Waals surface area contributed by atoms with Crippen LogP contribution in [0.5, 0.6) is 0 Å². The number of carbonyl (C=O) groups excluding carboxylic acids is 2. The van der Waals surface area contributed by atoms with Crippen molar-refractivity contribution < 1.29 is 14.0 Å². The molecule has 0 saturated carbocycles. The van der Waals surface area contributed by atoms with E-state index in [1.54, 1.807) is 30.1 Å². The summed E-state index contributed by atoms with van der Waals surface area (Å²) in [5.74, 6) is -0.531. The third-order valence-corrected chi connectivity index (χ3v) is 8.17. The number of amides is 2. The fourth-order valence-electron chi connectivity index (χ4n) is 6.04. The summed E-state index contributed by atoms with van der Waals surface area (Å²) in [7, 11) is 1.79. The van der Waals surface area contributed by atoms with Crippen molar-refractivity contribution in [2.45, 2.75) is 63.2 Å². The Morgan fingerprint density at radius 1 is 1.07 bits per heavy atom. The Morgan fingerprint density at radius 3 is 2.49 bits per heavy atom. The molecule has 0 radical (unpaired) electrons. The van der Waals surface area contributed by atoms with Crippen LogP contribution < -0.4 is 5.73 Å². The lowest BCUT2D eigenvalue weighted by molar-refractivity contribution is -0.119. The summed E-state index contributed by atoms with van der Waals surface area (Å²) in [6, 6.07) is 20.3. The molecule has 0 heterocycles. The smallest absolute Gasteiger partial charge is 0.253 e. The predicted octanol–water partition coefficient (Wildman–Crippen LogP) is 6.60. The van der Waals surface area contributed by atoms with E-state index >= 15 is 0 Å². The van der Waals surface area contributed by atoms with Crippen molar-refractivity contribution in [2.75, 3.05) is 13.6 Å². The topological polar surface area (TPSA) is 87.2 Å². The lowest BCUT2D eigenvalue weighted by atomic mass is 9.82. The van der Waals surface area contributed by atoms with Crippen molar-refractivity contribution >= 4 is 11.8 Å². The summed E-state index contributed by atoms with van der Waals surface area (Å²) in [6.07, 6.45) is 9.55. The van der Waals surface area contributed by atoms with Crippen LogP contribution in [0.4, 0.5) is 4.39 Å². The van der Waals surface area contributed by atoms with Crippen LogP contribution in [-0.4, -0.2) is 30.3 Å². The minimum absolute atomic E-state index is 0.0435. The van der Waals surface area contributed by atoms with Crippen LogP contribution in [0.3, 0.4) is 0 Å². The van der Waals surface area contributed by atoms with Crippen LogP contribution in [0, 0.1) is 17.1 Å². The number of aryl methyl sites for hydroxylation is 2. The molecule has 2 N–H and O–H groups in total. The van der Waals surface area contributed by atoms with Crippen molar-refractivity contribution in [3.63, 3.8) is 0 Å². The normalized spacial score (nSPS) is 16.1. The fraction of sp³-hybridized carbons (Fsp3) is 0.343. The summed E-state index contributed by atoms with van der Waals surface area (Å²) in [5, 5.41) is 9.35. The van der Waals surface area contributed by atoms with Crippen molar-refractivity contribution in [2.24, 2.45) is 5.73 Å². The third-order valence-electron chi connectivity index (χ3n) is 8.17. The number of primary amides is 1. The molecule has 41 heavy (non-hydrogen) atoms. The van der Waals surface area contributed by atoms with Gasteiger partial charge in [0.1, 0.15) is 5.82 Å². The molecule has 3 aromatic carbocycles. The van der Waals surface area contributed by atoms with Gasteiger partial charge in [-0.05, 0) is 103 Å². The summed E-state index contributed by atoms with van der Waals surface area (Å²) >= 11 is 0. The lowest BCUT2D eigenvalue weighted by Gasteiger charge is -2.26. The lowest BCUT2D eigenvalue weighted by Crippen LogP contribution is -2.32. The zero-order valence-electron chi connectivity index (χ0n) is 23.7. The van der Waals surface area contributed by atoms with Crippen molar-refractivity contribution in [3.8, 4) is 6.07 Å². The Morgan fingerprint density at radius 2 is 1.78 bits per heavy atom. The predicted molar refractivity (Wildman–Crippen MR) is 160 cm³/mol. The number of nitrogens with zero attached hydrogens (tertiary/aromatic N) is 2. The van der Waals surface area contributed by atoms with E-state index in [9.17, 15) is 19.2 Å². The number of halogens is 1. The van der Waals surface area contributed by atoms with E-state index in [0.29, 0.717) is 24.1 Å². The first-order chi connectivity index (χ1) is 19.8. The summed E-state index contributed by atoms with van der Waals surface area (Å²) in [4.78, 5) is 26.1. The number of hydrogen-bond donors (Lipinski definition) is 1. The second-order valence-corrected chi connectivity index (χ2v) is 11.0. The van der Waals surface area contributed by atoms with E-state index in [1.807, 2.05) is 30.3 Å². The Hall–Kier alpha value is -4.24. The maximum atomic E-state index is 13.3. The molecule has 0 fully saturated rings. The first-order valence-corrected chi connectivity index (χ1v) is 14.4. The van der Waals surface area contributed by atoms with Gasteiger partial charge in [-0.25, -0.2) is 4.39 Å². The van der Waals surface area contributed by atoms with Gasteiger partial charge in [0.25, 0.3) is 5.91 Å². The number of rotatable bonds is 7.